The molecule has 0 radical (unpaired) electrons. The zero-order valence-electron chi connectivity index (χ0n) is 17.4. The first-order valence-electron chi connectivity index (χ1n) is 10.2. The third kappa shape index (κ3) is 3.48. The second-order valence-electron chi connectivity index (χ2n) is 7.68. The number of fused-ring (bicyclic) bond motifs is 1. The molecule has 2 aliphatic rings. The fourth-order valence-electron chi connectivity index (χ4n) is 4.25. The van der Waals surface area contributed by atoms with Crippen LogP contribution in [0.25, 0.3) is 0 Å². The molecule has 0 N–H and O–H groups in total. The summed E-state index contributed by atoms with van der Waals surface area (Å²) in [7, 11) is 1.65. The van der Waals surface area contributed by atoms with Gasteiger partial charge in [-0.05, 0) is 35.9 Å². The largest absolute Gasteiger partial charge is 0.496 e. The van der Waals surface area contributed by atoms with Crippen LogP contribution in [0.4, 0.5) is 5.69 Å². The van der Waals surface area contributed by atoms with Gasteiger partial charge in [0.1, 0.15) is 12.4 Å². The number of ether oxygens (including phenoxy) is 1. The van der Waals surface area contributed by atoms with Crippen LogP contribution in [0.3, 0.4) is 0 Å². The molecule has 0 aliphatic carbocycles. The summed E-state index contributed by atoms with van der Waals surface area (Å²) in [6.07, 6.45) is 0.652. The number of ketones is 1. The van der Waals surface area contributed by atoms with E-state index in [2.05, 4.69) is 15.9 Å². The van der Waals surface area contributed by atoms with E-state index in [9.17, 15) is 9.59 Å². The predicted molar refractivity (Wildman–Crippen MR) is 126 cm³/mol. The number of amides is 1. The molecular weight excluding hydrogens is 470 g/mol. The van der Waals surface area contributed by atoms with Crippen LogP contribution >= 0.6 is 15.9 Å². The molecule has 2 aliphatic heterocycles. The van der Waals surface area contributed by atoms with Crippen molar-refractivity contribution in [1.82, 2.24) is 5.01 Å². The van der Waals surface area contributed by atoms with Crippen LogP contribution in [0.5, 0.6) is 5.75 Å². The lowest BCUT2D eigenvalue weighted by atomic mass is 9.98. The molecule has 1 unspecified atom stereocenters. The standard InChI is InChI=1S/C25H20BrN3O3/c1-32-23-9-5-3-6-18(23)22-14-20(16-10-12-17(26)13-11-16)27-29(22)15-28-21-8-4-2-7-19(21)24(30)25(28)31/h2-13,22H,14-15H2,1H3. The quantitative estimate of drug-likeness (QED) is 0.483. The molecule has 0 bridgehead atoms. The summed E-state index contributed by atoms with van der Waals surface area (Å²) < 4.78 is 6.60. The minimum atomic E-state index is -0.530. The van der Waals surface area contributed by atoms with E-state index in [1.807, 2.05) is 59.6 Å². The Morgan fingerprint density at radius 1 is 1.00 bits per heavy atom. The normalized spacial score (nSPS) is 17.6. The number of hydrogen-bond acceptors (Lipinski definition) is 5. The number of halogens is 1. The third-order valence-corrected chi connectivity index (χ3v) is 6.36. The van der Waals surface area contributed by atoms with Crippen molar-refractivity contribution in [3.05, 3.63) is 94.0 Å². The van der Waals surface area contributed by atoms with Gasteiger partial charge in [-0.15, -0.1) is 0 Å². The van der Waals surface area contributed by atoms with Gasteiger partial charge < -0.3 is 4.74 Å². The van der Waals surface area contributed by atoms with E-state index in [4.69, 9.17) is 9.84 Å². The van der Waals surface area contributed by atoms with Crippen LogP contribution in [0.2, 0.25) is 0 Å². The Kier molecular flexibility index (Phi) is 5.27. The van der Waals surface area contributed by atoms with E-state index >= 15 is 0 Å². The molecule has 3 aromatic carbocycles. The number of carbonyl (C=O) groups excluding carboxylic acids is 2. The number of rotatable bonds is 5. The molecule has 7 heteroatoms. The van der Waals surface area contributed by atoms with Gasteiger partial charge in [0.05, 0.1) is 30.1 Å². The second kappa shape index (κ2) is 8.24. The number of methoxy groups -OCH3 is 1. The van der Waals surface area contributed by atoms with Crippen molar-refractivity contribution in [1.29, 1.82) is 0 Å². The summed E-state index contributed by atoms with van der Waals surface area (Å²) in [5.41, 5.74) is 3.97. The SMILES string of the molecule is COc1ccccc1C1CC(c2ccc(Br)cc2)=NN1CN1C(=O)C(=O)c2ccccc21. The Labute approximate surface area is 194 Å². The van der Waals surface area contributed by atoms with E-state index < -0.39 is 11.7 Å². The summed E-state index contributed by atoms with van der Waals surface area (Å²) in [6.45, 7) is 0.171. The average molecular weight is 490 g/mol. The average Bonchev–Trinajstić information content (AvgIpc) is 3.35. The summed E-state index contributed by atoms with van der Waals surface area (Å²) in [4.78, 5) is 26.8. The van der Waals surface area contributed by atoms with Gasteiger partial charge in [-0.25, -0.2) is 0 Å². The van der Waals surface area contributed by atoms with Gasteiger partial charge in [0, 0.05) is 16.5 Å². The molecular formula is C25H20BrN3O3. The predicted octanol–water partition coefficient (Wildman–Crippen LogP) is 4.80. The van der Waals surface area contributed by atoms with Crippen LogP contribution in [-0.2, 0) is 4.79 Å². The maximum atomic E-state index is 12.8. The Balaban J connectivity index is 1.54. The number of anilines is 1. The summed E-state index contributed by atoms with van der Waals surface area (Å²) in [6, 6.07) is 22.8. The van der Waals surface area contributed by atoms with Crippen LogP contribution in [0.1, 0.15) is 33.9 Å². The molecule has 3 aromatic rings. The molecule has 5 rings (SSSR count). The number of benzene rings is 3. The van der Waals surface area contributed by atoms with Crippen LogP contribution in [-0.4, -0.2) is 36.2 Å². The highest BCUT2D eigenvalue weighted by molar-refractivity contribution is 9.10. The first-order valence-corrected chi connectivity index (χ1v) is 11.0. The number of nitrogens with zero attached hydrogens (tertiary/aromatic N) is 3. The molecule has 0 fully saturated rings. The van der Waals surface area contributed by atoms with Gasteiger partial charge in [0.15, 0.2) is 0 Å². The first-order chi connectivity index (χ1) is 15.6. The lowest BCUT2D eigenvalue weighted by Gasteiger charge is -2.29. The van der Waals surface area contributed by atoms with Crippen molar-refractivity contribution >= 4 is 39.0 Å². The molecule has 0 saturated carbocycles. The van der Waals surface area contributed by atoms with E-state index in [0.29, 0.717) is 17.7 Å². The van der Waals surface area contributed by atoms with Gasteiger partial charge in [-0.3, -0.25) is 19.5 Å². The summed E-state index contributed by atoms with van der Waals surface area (Å²) >= 11 is 3.48. The molecule has 0 spiro atoms. The van der Waals surface area contributed by atoms with E-state index in [-0.39, 0.29) is 12.7 Å². The highest BCUT2D eigenvalue weighted by Gasteiger charge is 2.39. The minimum absolute atomic E-state index is 0.138. The Hall–Kier alpha value is -3.45. The Morgan fingerprint density at radius 3 is 2.50 bits per heavy atom. The molecule has 160 valence electrons. The van der Waals surface area contributed by atoms with Crippen LogP contribution in [0.15, 0.2) is 82.4 Å². The number of hydrogen-bond donors (Lipinski definition) is 0. The molecule has 0 aromatic heterocycles. The van der Waals surface area contributed by atoms with Gasteiger partial charge in [-0.1, -0.05) is 58.4 Å². The van der Waals surface area contributed by atoms with Crippen molar-refractivity contribution in [2.24, 2.45) is 5.10 Å². The van der Waals surface area contributed by atoms with Gasteiger partial charge in [0.25, 0.3) is 5.78 Å². The van der Waals surface area contributed by atoms with E-state index in [1.54, 1.807) is 25.3 Å². The lowest BCUT2D eigenvalue weighted by Crippen LogP contribution is -2.39. The Morgan fingerprint density at radius 2 is 1.72 bits per heavy atom. The van der Waals surface area contributed by atoms with Gasteiger partial charge in [-0.2, -0.15) is 5.10 Å². The number of hydrazone groups is 1. The van der Waals surface area contributed by atoms with Crippen molar-refractivity contribution in [2.45, 2.75) is 12.5 Å². The first kappa shape index (κ1) is 20.5. The highest BCUT2D eigenvalue weighted by atomic mass is 79.9. The summed E-state index contributed by atoms with van der Waals surface area (Å²) in [5.74, 6) is -0.248. The molecule has 1 amide bonds. The van der Waals surface area contributed by atoms with Gasteiger partial charge >= 0.3 is 5.91 Å². The van der Waals surface area contributed by atoms with Crippen molar-refractivity contribution in [3.8, 4) is 5.75 Å². The lowest BCUT2D eigenvalue weighted by molar-refractivity contribution is -0.114. The van der Waals surface area contributed by atoms with Crippen molar-refractivity contribution < 1.29 is 14.3 Å². The second-order valence-corrected chi connectivity index (χ2v) is 8.59. The fourth-order valence-corrected chi connectivity index (χ4v) is 4.51. The van der Waals surface area contributed by atoms with Crippen molar-refractivity contribution in [2.75, 3.05) is 18.7 Å². The number of Topliss-reactive ketones (excluding diaryl/α,β-unsaturated/α-hetero) is 1. The minimum Gasteiger partial charge on any atom is -0.496 e. The van der Waals surface area contributed by atoms with Gasteiger partial charge in [0.2, 0.25) is 0 Å². The molecule has 1 atom stereocenters. The monoisotopic (exact) mass is 489 g/mol. The topological polar surface area (TPSA) is 62.2 Å². The third-order valence-electron chi connectivity index (χ3n) is 5.84. The smallest absolute Gasteiger partial charge is 0.301 e. The number of para-hydroxylation sites is 2. The van der Waals surface area contributed by atoms with Crippen LogP contribution < -0.4 is 9.64 Å². The molecule has 6 nitrogen and oxygen atoms in total. The summed E-state index contributed by atoms with van der Waals surface area (Å²) in [5, 5.41) is 6.77. The molecule has 32 heavy (non-hydrogen) atoms. The maximum absolute atomic E-state index is 12.8. The number of carbonyl (C=O) groups is 2. The molecule has 0 saturated heterocycles. The van der Waals surface area contributed by atoms with E-state index in [0.717, 1.165) is 27.1 Å². The zero-order valence-corrected chi connectivity index (χ0v) is 19.0. The molecule has 2 heterocycles. The van der Waals surface area contributed by atoms with E-state index in [1.165, 1.54) is 4.90 Å². The highest BCUT2D eigenvalue weighted by Crippen LogP contribution is 2.39. The fraction of sp³-hybridized carbons (Fsp3) is 0.160. The Bertz CT molecular complexity index is 1240. The maximum Gasteiger partial charge on any atom is 0.301 e. The van der Waals surface area contributed by atoms with Crippen LogP contribution in [0, 0.1) is 0 Å². The van der Waals surface area contributed by atoms with Crippen molar-refractivity contribution in [3.63, 3.8) is 0 Å². The zero-order chi connectivity index (χ0) is 22.2.